The highest BCUT2D eigenvalue weighted by Gasteiger charge is 2.22. The first-order valence-electron chi connectivity index (χ1n) is 9.15. The van der Waals surface area contributed by atoms with Crippen LogP contribution in [0.5, 0.6) is 11.5 Å². The molecular formula is C21H28ClN3O3. The quantitative estimate of drug-likeness (QED) is 0.799. The first kappa shape index (κ1) is 22.0. The van der Waals surface area contributed by atoms with Gasteiger partial charge in [-0.25, -0.2) is 0 Å². The number of rotatable bonds is 6. The van der Waals surface area contributed by atoms with E-state index < -0.39 is 0 Å². The Morgan fingerprint density at radius 2 is 1.50 bits per heavy atom. The summed E-state index contributed by atoms with van der Waals surface area (Å²) in [6.45, 7) is 4.42. The van der Waals surface area contributed by atoms with Crippen LogP contribution in [0.2, 0.25) is 0 Å². The summed E-state index contributed by atoms with van der Waals surface area (Å²) in [4.78, 5) is 16.9. The van der Waals surface area contributed by atoms with Gasteiger partial charge in [-0.05, 0) is 35.4 Å². The Balaban J connectivity index is 0.00000280. The second-order valence-corrected chi connectivity index (χ2v) is 6.69. The molecule has 0 saturated carbocycles. The second kappa shape index (κ2) is 10.3. The summed E-state index contributed by atoms with van der Waals surface area (Å²) in [7, 11) is 3.31. The molecule has 1 saturated heterocycles. The van der Waals surface area contributed by atoms with E-state index in [1.165, 1.54) is 0 Å². The van der Waals surface area contributed by atoms with Gasteiger partial charge in [0, 0.05) is 50.9 Å². The van der Waals surface area contributed by atoms with Gasteiger partial charge in [0.2, 0.25) is 0 Å². The van der Waals surface area contributed by atoms with E-state index in [1.54, 1.807) is 14.2 Å². The second-order valence-electron chi connectivity index (χ2n) is 6.69. The molecule has 0 atom stereocenters. The van der Waals surface area contributed by atoms with Gasteiger partial charge in [0.25, 0.3) is 5.91 Å². The number of hydrogen-bond donors (Lipinski definition) is 1. The molecule has 1 aliphatic rings. The number of amides is 1. The average Bonchev–Trinajstić information content (AvgIpc) is 2.73. The zero-order chi connectivity index (χ0) is 19.2. The first-order valence-corrected chi connectivity index (χ1v) is 9.15. The molecule has 1 fully saturated rings. The molecule has 0 radical (unpaired) electrons. The van der Waals surface area contributed by atoms with Gasteiger partial charge in [0.1, 0.15) is 11.5 Å². The minimum Gasteiger partial charge on any atom is -0.497 e. The first-order chi connectivity index (χ1) is 13.1. The maximum Gasteiger partial charge on any atom is 0.253 e. The lowest BCUT2D eigenvalue weighted by Gasteiger charge is -2.35. The standard InChI is InChI=1S/C21H27N3O3.ClH/c1-26-19-11-17(12-20(13-19)27-2)15-23-7-9-24(10-8-23)21(25)18-5-3-16(14-22)4-6-18;/h3-6,11-13H,7-10,14-15,22H2,1-2H3;1H. The van der Waals surface area contributed by atoms with Crippen LogP contribution in [0.4, 0.5) is 0 Å². The van der Waals surface area contributed by atoms with Crippen LogP contribution in [0.3, 0.4) is 0 Å². The van der Waals surface area contributed by atoms with Crippen molar-refractivity contribution in [2.45, 2.75) is 13.1 Å². The maximum atomic E-state index is 12.7. The predicted octanol–water partition coefficient (Wildman–Crippen LogP) is 2.54. The molecular weight excluding hydrogens is 378 g/mol. The predicted molar refractivity (Wildman–Crippen MR) is 112 cm³/mol. The van der Waals surface area contributed by atoms with Crippen molar-refractivity contribution in [1.82, 2.24) is 9.80 Å². The van der Waals surface area contributed by atoms with Crippen LogP contribution >= 0.6 is 12.4 Å². The third kappa shape index (κ3) is 5.38. The fourth-order valence-corrected chi connectivity index (χ4v) is 3.29. The zero-order valence-corrected chi connectivity index (χ0v) is 17.2. The number of carbonyl (C=O) groups excluding carboxylic acids is 1. The molecule has 28 heavy (non-hydrogen) atoms. The number of nitrogens with two attached hydrogens (primary N) is 1. The number of nitrogens with zero attached hydrogens (tertiary/aromatic N) is 2. The van der Waals surface area contributed by atoms with Crippen molar-refractivity contribution in [3.63, 3.8) is 0 Å². The van der Waals surface area contributed by atoms with E-state index in [0.29, 0.717) is 6.54 Å². The highest BCUT2D eigenvalue weighted by atomic mass is 35.5. The molecule has 7 heteroatoms. The van der Waals surface area contributed by atoms with E-state index in [-0.39, 0.29) is 18.3 Å². The lowest BCUT2D eigenvalue weighted by molar-refractivity contribution is 0.0628. The van der Waals surface area contributed by atoms with E-state index in [0.717, 1.165) is 60.9 Å². The summed E-state index contributed by atoms with van der Waals surface area (Å²) in [6, 6.07) is 13.5. The summed E-state index contributed by atoms with van der Waals surface area (Å²) in [5.74, 6) is 1.67. The highest BCUT2D eigenvalue weighted by molar-refractivity contribution is 5.94. The molecule has 2 N–H and O–H groups in total. The number of benzene rings is 2. The average molecular weight is 406 g/mol. The van der Waals surface area contributed by atoms with Gasteiger partial charge >= 0.3 is 0 Å². The van der Waals surface area contributed by atoms with Crippen molar-refractivity contribution in [2.24, 2.45) is 5.73 Å². The van der Waals surface area contributed by atoms with Gasteiger partial charge in [-0.2, -0.15) is 0 Å². The van der Waals surface area contributed by atoms with Gasteiger partial charge in [-0.15, -0.1) is 12.4 Å². The SMILES string of the molecule is COc1cc(CN2CCN(C(=O)c3ccc(CN)cc3)CC2)cc(OC)c1.Cl. The van der Waals surface area contributed by atoms with E-state index in [2.05, 4.69) is 4.90 Å². The van der Waals surface area contributed by atoms with Crippen molar-refractivity contribution >= 4 is 18.3 Å². The van der Waals surface area contributed by atoms with Gasteiger partial charge in [-0.3, -0.25) is 9.69 Å². The summed E-state index contributed by atoms with van der Waals surface area (Å²) >= 11 is 0. The monoisotopic (exact) mass is 405 g/mol. The van der Waals surface area contributed by atoms with E-state index >= 15 is 0 Å². The molecule has 1 amide bonds. The molecule has 2 aromatic rings. The highest BCUT2D eigenvalue weighted by Crippen LogP contribution is 2.24. The smallest absolute Gasteiger partial charge is 0.253 e. The van der Waals surface area contributed by atoms with Crippen LogP contribution in [-0.4, -0.2) is 56.1 Å². The van der Waals surface area contributed by atoms with Crippen LogP contribution < -0.4 is 15.2 Å². The molecule has 0 spiro atoms. The van der Waals surface area contributed by atoms with Gasteiger partial charge in [0.15, 0.2) is 0 Å². The molecule has 1 aliphatic heterocycles. The largest absolute Gasteiger partial charge is 0.497 e. The Hall–Kier alpha value is -2.28. The van der Waals surface area contributed by atoms with Crippen LogP contribution in [0.1, 0.15) is 21.5 Å². The molecule has 0 aliphatic carbocycles. The fraction of sp³-hybridized carbons (Fsp3) is 0.381. The van der Waals surface area contributed by atoms with Crippen LogP contribution in [0.15, 0.2) is 42.5 Å². The number of halogens is 1. The van der Waals surface area contributed by atoms with Crippen molar-refractivity contribution in [2.75, 3.05) is 40.4 Å². The van der Waals surface area contributed by atoms with E-state index in [1.807, 2.05) is 47.4 Å². The molecule has 0 aromatic heterocycles. The topological polar surface area (TPSA) is 68.0 Å². The van der Waals surface area contributed by atoms with Crippen LogP contribution in [0.25, 0.3) is 0 Å². The minimum atomic E-state index is 0. The molecule has 0 unspecified atom stereocenters. The minimum absolute atomic E-state index is 0. The normalized spacial score (nSPS) is 14.3. The van der Waals surface area contributed by atoms with Crippen molar-refractivity contribution in [1.29, 1.82) is 0 Å². The fourth-order valence-electron chi connectivity index (χ4n) is 3.29. The van der Waals surface area contributed by atoms with Crippen molar-refractivity contribution in [3.8, 4) is 11.5 Å². The van der Waals surface area contributed by atoms with E-state index in [4.69, 9.17) is 15.2 Å². The number of piperazine rings is 1. The van der Waals surface area contributed by atoms with E-state index in [9.17, 15) is 4.79 Å². The van der Waals surface area contributed by atoms with Gasteiger partial charge in [-0.1, -0.05) is 12.1 Å². The Morgan fingerprint density at radius 3 is 2.00 bits per heavy atom. The zero-order valence-electron chi connectivity index (χ0n) is 16.4. The summed E-state index contributed by atoms with van der Waals surface area (Å²) in [5.41, 5.74) is 8.51. The number of hydrogen-bond acceptors (Lipinski definition) is 5. The molecule has 2 aromatic carbocycles. The Bertz CT molecular complexity index is 753. The van der Waals surface area contributed by atoms with Crippen molar-refractivity contribution < 1.29 is 14.3 Å². The molecule has 152 valence electrons. The molecule has 0 bridgehead atoms. The summed E-state index contributed by atoms with van der Waals surface area (Å²) in [6.07, 6.45) is 0. The lowest BCUT2D eigenvalue weighted by Crippen LogP contribution is -2.48. The van der Waals surface area contributed by atoms with Gasteiger partial charge < -0.3 is 20.1 Å². The Kier molecular flexibility index (Phi) is 8.11. The number of methoxy groups -OCH3 is 2. The lowest BCUT2D eigenvalue weighted by atomic mass is 10.1. The molecule has 6 nitrogen and oxygen atoms in total. The molecule has 3 rings (SSSR count). The Morgan fingerprint density at radius 1 is 0.929 bits per heavy atom. The maximum absolute atomic E-state index is 12.7. The molecule has 1 heterocycles. The third-order valence-electron chi connectivity index (χ3n) is 4.91. The van der Waals surface area contributed by atoms with Crippen molar-refractivity contribution in [3.05, 3.63) is 59.2 Å². The Labute approximate surface area is 172 Å². The third-order valence-corrected chi connectivity index (χ3v) is 4.91. The van der Waals surface area contributed by atoms with Crippen LogP contribution in [0, 0.1) is 0 Å². The number of carbonyl (C=O) groups is 1. The summed E-state index contributed by atoms with van der Waals surface area (Å²) in [5, 5.41) is 0. The van der Waals surface area contributed by atoms with Crippen LogP contribution in [-0.2, 0) is 13.1 Å². The number of ether oxygens (including phenoxy) is 2. The van der Waals surface area contributed by atoms with Gasteiger partial charge in [0.05, 0.1) is 14.2 Å². The summed E-state index contributed by atoms with van der Waals surface area (Å²) < 4.78 is 10.7.